The lowest BCUT2D eigenvalue weighted by Crippen LogP contribution is -2.28. The number of carbonyl (C=O) groups excluding carboxylic acids is 2. The number of aliphatic hydroxyl groups excluding tert-OH is 1. The molecule has 0 aliphatic heterocycles. The van der Waals surface area contributed by atoms with E-state index >= 15 is 0 Å². The molecule has 1 unspecified atom stereocenters. The van der Waals surface area contributed by atoms with Crippen molar-refractivity contribution in [1.82, 2.24) is 0 Å². The Balaban J connectivity index is 1.54. The Morgan fingerprint density at radius 1 is 0.528 bits per heavy atom. The van der Waals surface area contributed by atoms with E-state index in [9.17, 15) is 25.2 Å². The second kappa shape index (κ2) is 25.5. The van der Waals surface area contributed by atoms with E-state index in [4.69, 9.17) is 0 Å². The van der Waals surface area contributed by atoms with Gasteiger partial charge in [0.15, 0.2) is 0 Å². The monoisotopic (exact) mass is 965 g/mol. The lowest BCUT2D eigenvalue weighted by molar-refractivity contribution is -0.115. The van der Waals surface area contributed by atoms with Crippen molar-refractivity contribution in [3.05, 3.63) is 113 Å². The van der Waals surface area contributed by atoms with Gasteiger partial charge < -0.3 is 25.5 Å². The number of allylic oxidation sites excluding steroid dienone is 3. The summed E-state index contributed by atoms with van der Waals surface area (Å²) in [6.45, 7) is 15.3. The van der Waals surface area contributed by atoms with Crippen LogP contribution in [0.4, 0.5) is 22.7 Å². The smallest absolute Gasteiger partial charge is 0.221 e. The number of fused-ring (bicyclic) bond motifs is 4. The van der Waals surface area contributed by atoms with E-state index in [0.717, 1.165) is 183 Å². The molecule has 0 heterocycles. The van der Waals surface area contributed by atoms with E-state index in [1.165, 1.54) is 13.8 Å². The van der Waals surface area contributed by atoms with Crippen molar-refractivity contribution in [2.24, 2.45) is 0 Å². The Labute approximate surface area is 428 Å². The molecule has 3 N–H and O–H groups in total. The maximum Gasteiger partial charge on any atom is 0.221 e. The fourth-order valence-corrected chi connectivity index (χ4v) is 11.0. The van der Waals surface area contributed by atoms with Crippen LogP contribution in [0.25, 0.3) is 48.7 Å². The van der Waals surface area contributed by atoms with Crippen molar-refractivity contribution in [2.45, 2.75) is 150 Å². The van der Waals surface area contributed by atoms with Crippen LogP contribution in [-0.4, -0.2) is 43.1 Å². The second-order valence-corrected chi connectivity index (χ2v) is 19.9. The highest BCUT2D eigenvalue weighted by atomic mass is 16.3. The highest BCUT2D eigenvalue weighted by Crippen LogP contribution is 2.59. The number of unbranched alkanes of at least 4 members (excludes halogenated alkanes) is 12. The lowest BCUT2D eigenvalue weighted by atomic mass is 9.67. The Morgan fingerprint density at radius 2 is 0.903 bits per heavy atom. The maximum absolute atomic E-state index is 13.4. The molecule has 1 atom stereocenters. The van der Waals surface area contributed by atoms with Gasteiger partial charge in [-0.2, -0.15) is 10.5 Å². The lowest BCUT2D eigenvalue weighted by Gasteiger charge is -2.38. The van der Waals surface area contributed by atoms with Crippen LogP contribution in [0.2, 0.25) is 0 Å². The summed E-state index contributed by atoms with van der Waals surface area (Å²) in [7, 11) is 0. The quantitative estimate of drug-likeness (QED) is 0.0280. The minimum atomic E-state index is -0.967. The molecular weight excluding hydrogens is 889 g/mol. The minimum Gasteiger partial charge on any atom is -0.511 e. The van der Waals surface area contributed by atoms with Crippen LogP contribution in [0.15, 0.2) is 102 Å². The Hall–Kier alpha value is -6.84. The Morgan fingerprint density at radius 3 is 1.31 bits per heavy atom. The molecule has 1 aliphatic rings. The van der Waals surface area contributed by atoms with Gasteiger partial charge in [0.1, 0.15) is 23.5 Å². The first-order chi connectivity index (χ1) is 35.1. The van der Waals surface area contributed by atoms with Gasteiger partial charge in [0.2, 0.25) is 11.8 Å². The number of carbonyl (C=O) groups is 2. The molecule has 0 bridgehead atoms. The molecule has 9 heteroatoms. The first-order valence-corrected chi connectivity index (χ1v) is 27.1. The molecule has 9 nitrogen and oxygen atoms in total. The van der Waals surface area contributed by atoms with Gasteiger partial charge in [-0.3, -0.25) is 9.59 Å². The third kappa shape index (κ3) is 11.9. The zero-order chi connectivity index (χ0) is 51.1. The van der Waals surface area contributed by atoms with Crippen molar-refractivity contribution < 1.29 is 14.7 Å². The van der Waals surface area contributed by atoms with Crippen molar-refractivity contribution in [2.75, 3.05) is 46.6 Å². The number of rotatable bonds is 26. The Kier molecular flexibility index (Phi) is 18.8. The molecule has 72 heavy (non-hydrogen) atoms. The standard InChI is InChI=1S/C63H76N6O3/c1-7-11-15-23-31-68(32-24-16-12-8-2)56-39-54(66-43(5)70)59(52-37-47-29-21-19-27-45(47)35-50(52)56)61-58(49(41-64)42-65)62(63(61)72)60-53-38-48-30-22-20-28-46(48)36-51(53)57(40-55(60)67-44(6)71)69(33-25-17-13-9-3)34-26-18-14-10-4/h19-22,27-30,35-40,61,72H,7-18,23-26,31-34H2,1-6H3,(H,66,70)(H,67,71). The van der Waals surface area contributed by atoms with Crippen molar-refractivity contribution in [1.29, 1.82) is 10.5 Å². The van der Waals surface area contributed by atoms with E-state index < -0.39 is 5.92 Å². The maximum atomic E-state index is 13.4. The van der Waals surface area contributed by atoms with Crippen molar-refractivity contribution >= 4 is 83.2 Å². The molecule has 0 aromatic heterocycles. The van der Waals surface area contributed by atoms with Gasteiger partial charge in [-0.15, -0.1) is 0 Å². The highest BCUT2D eigenvalue weighted by Gasteiger charge is 2.44. The van der Waals surface area contributed by atoms with E-state index in [1.807, 2.05) is 30.3 Å². The van der Waals surface area contributed by atoms with Crippen LogP contribution in [0.1, 0.15) is 161 Å². The number of amides is 2. The molecule has 0 fully saturated rings. The predicted octanol–water partition coefficient (Wildman–Crippen LogP) is 16.6. The zero-order valence-electron chi connectivity index (χ0n) is 43.9. The molecule has 0 radical (unpaired) electrons. The first-order valence-electron chi connectivity index (χ1n) is 27.1. The summed E-state index contributed by atoms with van der Waals surface area (Å²) in [5, 5.41) is 49.0. The van der Waals surface area contributed by atoms with Crippen LogP contribution in [0.3, 0.4) is 0 Å². The first kappa shape index (κ1) is 53.0. The number of hydrogen-bond donors (Lipinski definition) is 3. The third-order valence-electron chi connectivity index (χ3n) is 14.6. The average Bonchev–Trinajstić information content (AvgIpc) is 3.37. The van der Waals surface area contributed by atoms with Crippen LogP contribution in [-0.2, 0) is 9.59 Å². The summed E-state index contributed by atoms with van der Waals surface area (Å²) < 4.78 is 0. The van der Waals surface area contributed by atoms with E-state index in [1.54, 1.807) is 0 Å². The van der Waals surface area contributed by atoms with Gasteiger partial charge in [0, 0.05) is 84.6 Å². The van der Waals surface area contributed by atoms with Crippen LogP contribution >= 0.6 is 0 Å². The van der Waals surface area contributed by atoms with Gasteiger partial charge in [0.05, 0.1) is 11.6 Å². The molecule has 2 amide bonds. The second-order valence-electron chi connectivity index (χ2n) is 19.9. The van der Waals surface area contributed by atoms with Crippen LogP contribution in [0.5, 0.6) is 0 Å². The molecule has 0 spiro atoms. The zero-order valence-corrected chi connectivity index (χ0v) is 43.9. The number of hydrogen-bond acceptors (Lipinski definition) is 7. The molecule has 6 aromatic carbocycles. The number of anilines is 4. The number of benzene rings is 6. The minimum absolute atomic E-state index is 0.0393. The van der Waals surface area contributed by atoms with Gasteiger partial charge in [-0.1, -0.05) is 153 Å². The number of aliphatic hydroxyl groups is 1. The molecular formula is C63H76N6O3. The molecule has 6 aromatic rings. The van der Waals surface area contributed by atoms with E-state index in [2.05, 4.69) is 115 Å². The summed E-state index contributed by atoms with van der Waals surface area (Å²) in [6.07, 6.45) is 17.7. The van der Waals surface area contributed by atoms with Crippen LogP contribution < -0.4 is 20.4 Å². The summed E-state index contributed by atoms with van der Waals surface area (Å²) in [4.78, 5) is 31.8. The number of nitriles is 2. The average molecular weight is 965 g/mol. The molecule has 0 saturated heterocycles. The topological polar surface area (TPSA) is 132 Å². The normalized spacial score (nSPS) is 13.3. The Bertz CT molecular complexity index is 3020. The molecule has 7 rings (SSSR count). The van der Waals surface area contributed by atoms with Crippen molar-refractivity contribution in [3.63, 3.8) is 0 Å². The predicted molar refractivity (Wildman–Crippen MR) is 303 cm³/mol. The third-order valence-corrected chi connectivity index (χ3v) is 14.6. The van der Waals surface area contributed by atoms with Gasteiger partial charge in [-0.05, 0) is 100.0 Å². The largest absolute Gasteiger partial charge is 0.511 e. The van der Waals surface area contributed by atoms with Gasteiger partial charge >= 0.3 is 0 Å². The summed E-state index contributed by atoms with van der Waals surface area (Å²) in [5.41, 5.74) is 4.72. The van der Waals surface area contributed by atoms with E-state index in [0.29, 0.717) is 33.6 Å². The van der Waals surface area contributed by atoms with Crippen molar-refractivity contribution in [3.8, 4) is 12.1 Å². The summed E-state index contributed by atoms with van der Waals surface area (Å²) >= 11 is 0. The molecule has 0 saturated carbocycles. The highest BCUT2D eigenvalue weighted by molar-refractivity contribution is 6.17. The van der Waals surface area contributed by atoms with E-state index in [-0.39, 0.29) is 23.1 Å². The molecule has 1 aliphatic carbocycles. The fourth-order valence-electron chi connectivity index (χ4n) is 11.0. The van der Waals surface area contributed by atoms with Gasteiger partial charge in [0.25, 0.3) is 0 Å². The summed E-state index contributed by atoms with van der Waals surface area (Å²) in [6, 6.07) is 33.7. The number of nitrogens with one attached hydrogen (secondary N) is 2. The van der Waals surface area contributed by atoms with Crippen LogP contribution in [0, 0.1) is 22.7 Å². The van der Waals surface area contributed by atoms with Gasteiger partial charge in [-0.25, -0.2) is 0 Å². The fraction of sp³-hybridized carbons (Fsp3) is 0.429. The number of nitrogens with zero attached hydrogens (tertiary/aromatic N) is 4. The summed E-state index contributed by atoms with van der Waals surface area (Å²) in [5.74, 6) is -1.56. The molecule has 376 valence electrons. The SMILES string of the molecule is CCCCCCN(CCCCCC)c1cc(NC(C)=O)c(C2=C(O)C(c3c(NC(C)=O)cc(N(CCCCCC)CCCCCC)c4cc5ccccc5cc34)C2=C(C#N)C#N)c2cc3ccccc3cc12.